The molecule has 2 unspecified atom stereocenters. The van der Waals surface area contributed by atoms with Gasteiger partial charge in [-0.2, -0.15) is 0 Å². The summed E-state index contributed by atoms with van der Waals surface area (Å²) in [5.41, 5.74) is 0. The van der Waals surface area contributed by atoms with Crippen LogP contribution in [0.5, 0.6) is 0 Å². The van der Waals surface area contributed by atoms with Gasteiger partial charge in [0.2, 0.25) is 5.91 Å². The van der Waals surface area contributed by atoms with Crippen molar-refractivity contribution >= 4 is 5.91 Å². The second-order valence-electron chi connectivity index (χ2n) is 3.72. The lowest BCUT2D eigenvalue weighted by Gasteiger charge is -2.18. The number of hydrogen-bond donors (Lipinski definition) is 1. The normalized spacial score (nSPS) is 27.2. The van der Waals surface area contributed by atoms with Crippen molar-refractivity contribution < 1.29 is 4.79 Å². The maximum atomic E-state index is 11.3. The second-order valence-corrected chi connectivity index (χ2v) is 3.72. The summed E-state index contributed by atoms with van der Waals surface area (Å²) in [7, 11) is 1.99. The molecule has 1 N–H and O–H groups in total. The molecule has 0 aliphatic carbocycles. The predicted molar refractivity (Wildman–Crippen MR) is 48.6 cm³/mol. The third-order valence-electron chi connectivity index (χ3n) is 2.66. The van der Waals surface area contributed by atoms with Crippen LogP contribution in [-0.2, 0) is 4.79 Å². The summed E-state index contributed by atoms with van der Waals surface area (Å²) in [4.78, 5) is 13.4. The van der Waals surface area contributed by atoms with E-state index in [1.807, 2.05) is 7.05 Å². The van der Waals surface area contributed by atoms with Crippen molar-refractivity contribution in [3.63, 3.8) is 0 Å². The lowest BCUT2D eigenvalue weighted by molar-refractivity contribution is -0.121. The fraction of sp³-hybridized carbons (Fsp3) is 0.889. The zero-order valence-corrected chi connectivity index (χ0v) is 8.13. The van der Waals surface area contributed by atoms with Gasteiger partial charge >= 0.3 is 0 Å². The van der Waals surface area contributed by atoms with Crippen molar-refractivity contribution in [1.29, 1.82) is 0 Å². The van der Waals surface area contributed by atoms with E-state index in [4.69, 9.17) is 0 Å². The van der Waals surface area contributed by atoms with Crippen LogP contribution >= 0.6 is 0 Å². The van der Waals surface area contributed by atoms with Crippen LogP contribution in [0.2, 0.25) is 0 Å². The smallest absolute Gasteiger partial charge is 0.238 e. The van der Waals surface area contributed by atoms with Gasteiger partial charge in [-0.1, -0.05) is 20.3 Å². The Morgan fingerprint density at radius 1 is 1.75 bits per heavy atom. The Morgan fingerprint density at radius 3 is 2.83 bits per heavy atom. The Labute approximate surface area is 74.1 Å². The molecule has 1 aliphatic heterocycles. The van der Waals surface area contributed by atoms with Crippen LogP contribution < -0.4 is 5.32 Å². The monoisotopic (exact) mass is 170 g/mol. The highest BCUT2D eigenvalue weighted by Crippen LogP contribution is 2.16. The van der Waals surface area contributed by atoms with E-state index in [2.05, 4.69) is 24.1 Å². The first-order valence-corrected chi connectivity index (χ1v) is 4.63. The molecule has 2 atom stereocenters. The van der Waals surface area contributed by atoms with E-state index in [-0.39, 0.29) is 11.9 Å². The zero-order valence-electron chi connectivity index (χ0n) is 8.13. The van der Waals surface area contributed by atoms with Crippen LogP contribution in [0.3, 0.4) is 0 Å². The number of carbonyl (C=O) groups is 1. The molecule has 0 aromatic heterocycles. The molecule has 1 saturated heterocycles. The number of nitrogens with zero attached hydrogens (tertiary/aromatic N) is 1. The standard InChI is InChI=1S/C9H18N2O/c1-4-7(2)5-8-9(12)10-6-11(8)3/h7-8H,4-6H2,1-3H3,(H,10,12). The summed E-state index contributed by atoms with van der Waals surface area (Å²) >= 11 is 0. The molecule has 0 saturated carbocycles. The van der Waals surface area contributed by atoms with Gasteiger partial charge in [-0.05, 0) is 19.4 Å². The SMILES string of the molecule is CCC(C)CC1C(=O)NCN1C. The van der Waals surface area contributed by atoms with Gasteiger partial charge in [0, 0.05) is 0 Å². The number of rotatable bonds is 3. The van der Waals surface area contributed by atoms with Gasteiger partial charge < -0.3 is 5.32 Å². The van der Waals surface area contributed by atoms with Crippen LogP contribution in [0.15, 0.2) is 0 Å². The molecular formula is C9H18N2O. The minimum Gasteiger partial charge on any atom is -0.342 e. The summed E-state index contributed by atoms with van der Waals surface area (Å²) in [5, 5.41) is 2.84. The van der Waals surface area contributed by atoms with Crippen molar-refractivity contribution in [3.8, 4) is 0 Å². The fourth-order valence-corrected chi connectivity index (χ4v) is 1.47. The van der Waals surface area contributed by atoms with E-state index in [0.29, 0.717) is 12.6 Å². The molecule has 0 aromatic carbocycles. The highest BCUT2D eigenvalue weighted by atomic mass is 16.2. The summed E-state index contributed by atoms with van der Waals surface area (Å²) in [6.45, 7) is 5.07. The molecule has 1 amide bonds. The maximum absolute atomic E-state index is 11.3. The molecule has 0 radical (unpaired) electrons. The van der Waals surface area contributed by atoms with Crippen molar-refractivity contribution in [1.82, 2.24) is 10.2 Å². The Morgan fingerprint density at radius 2 is 2.42 bits per heavy atom. The number of likely N-dealkylation sites (N-methyl/N-ethyl adjacent to an activating group) is 1. The molecule has 0 spiro atoms. The Bertz CT molecular complexity index is 170. The minimum absolute atomic E-state index is 0.111. The van der Waals surface area contributed by atoms with Crippen LogP contribution in [0.25, 0.3) is 0 Å². The van der Waals surface area contributed by atoms with Crippen LogP contribution in [0.1, 0.15) is 26.7 Å². The zero-order chi connectivity index (χ0) is 9.14. The molecule has 0 bridgehead atoms. The lowest BCUT2D eigenvalue weighted by atomic mass is 9.99. The Kier molecular flexibility index (Phi) is 3.09. The summed E-state index contributed by atoms with van der Waals surface area (Å²) < 4.78 is 0. The molecule has 3 heteroatoms. The predicted octanol–water partition coefficient (Wildman–Crippen LogP) is 0.810. The summed E-state index contributed by atoms with van der Waals surface area (Å²) in [6.07, 6.45) is 2.14. The number of hydrogen-bond acceptors (Lipinski definition) is 2. The van der Waals surface area contributed by atoms with E-state index >= 15 is 0 Å². The number of carbonyl (C=O) groups excluding carboxylic acids is 1. The van der Waals surface area contributed by atoms with Crippen LogP contribution in [0.4, 0.5) is 0 Å². The van der Waals surface area contributed by atoms with Gasteiger partial charge in [-0.3, -0.25) is 9.69 Å². The highest BCUT2D eigenvalue weighted by molar-refractivity contribution is 5.83. The van der Waals surface area contributed by atoms with Crippen molar-refractivity contribution in [2.45, 2.75) is 32.7 Å². The van der Waals surface area contributed by atoms with Gasteiger partial charge in [-0.15, -0.1) is 0 Å². The quantitative estimate of drug-likeness (QED) is 0.680. The molecule has 1 rings (SSSR count). The molecule has 0 aromatic rings. The average Bonchev–Trinajstić information content (AvgIpc) is 2.35. The summed E-state index contributed by atoms with van der Waals surface area (Å²) in [5.74, 6) is 0.833. The fourth-order valence-electron chi connectivity index (χ4n) is 1.47. The van der Waals surface area contributed by atoms with Crippen LogP contribution in [-0.4, -0.2) is 30.6 Å². The number of nitrogens with one attached hydrogen (secondary N) is 1. The lowest BCUT2D eigenvalue weighted by Crippen LogP contribution is -2.31. The molecule has 3 nitrogen and oxygen atoms in total. The second kappa shape index (κ2) is 3.90. The van der Waals surface area contributed by atoms with E-state index in [9.17, 15) is 4.79 Å². The first-order chi connectivity index (χ1) is 5.65. The highest BCUT2D eigenvalue weighted by Gasteiger charge is 2.29. The van der Waals surface area contributed by atoms with Gasteiger partial charge in [-0.25, -0.2) is 0 Å². The first kappa shape index (κ1) is 9.52. The van der Waals surface area contributed by atoms with Crippen molar-refractivity contribution in [3.05, 3.63) is 0 Å². The largest absolute Gasteiger partial charge is 0.342 e. The molecule has 70 valence electrons. The molecule has 1 aliphatic rings. The van der Waals surface area contributed by atoms with Gasteiger partial charge in [0.25, 0.3) is 0 Å². The maximum Gasteiger partial charge on any atom is 0.238 e. The van der Waals surface area contributed by atoms with Gasteiger partial charge in [0.05, 0.1) is 12.7 Å². The average molecular weight is 170 g/mol. The molecule has 1 heterocycles. The van der Waals surface area contributed by atoms with Gasteiger partial charge in [0.15, 0.2) is 0 Å². The number of amides is 1. The minimum atomic E-state index is 0.111. The Hall–Kier alpha value is -0.570. The van der Waals surface area contributed by atoms with Crippen molar-refractivity contribution in [2.24, 2.45) is 5.92 Å². The molecule has 12 heavy (non-hydrogen) atoms. The van der Waals surface area contributed by atoms with E-state index in [1.54, 1.807) is 0 Å². The van der Waals surface area contributed by atoms with E-state index < -0.39 is 0 Å². The van der Waals surface area contributed by atoms with Gasteiger partial charge in [0.1, 0.15) is 0 Å². The third-order valence-corrected chi connectivity index (χ3v) is 2.66. The first-order valence-electron chi connectivity index (χ1n) is 4.63. The van der Waals surface area contributed by atoms with E-state index in [1.165, 1.54) is 0 Å². The topological polar surface area (TPSA) is 32.3 Å². The van der Waals surface area contributed by atoms with Crippen LogP contribution in [0, 0.1) is 5.92 Å². The summed E-state index contributed by atoms with van der Waals surface area (Å²) in [6, 6.07) is 0.111. The molecular weight excluding hydrogens is 152 g/mol. The molecule has 1 fully saturated rings. The Balaban J connectivity index is 2.44. The van der Waals surface area contributed by atoms with Crippen molar-refractivity contribution in [2.75, 3.05) is 13.7 Å². The third kappa shape index (κ3) is 1.97. The van der Waals surface area contributed by atoms with E-state index in [0.717, 1.165) is 12.8 Å².